The summed E-state index contributed by atoms with van der Waals surface area (Å²) in [6, 6.07) is 14.1. The highest BCUT2D eigenvalue weighted by molar-refractivity contribution is 6.20. The van der Waals surface area contributed by atoms with E-state index in [1.165, 1.54) is 24.3 Å². The van der Waals surface area contributed by atoms with E-state index in [9.17, 15) is 18.0 Å². The van der Waals surface area contributed by atoms with Crippen molar-refractivity contribution in [2.45, 2.75) is 32.9 Å². The molecule has 0 spiro atoms. The van der Waals surface area contributed by atoms with Gasteiger partial charge in [0.1, 0.15) is 17.1 Å². The zero-order valence-corrected chi connectivity index (χ0v) is 18.3. The van der Waals surface area contributed by atoms with Gasteiger partial charge in [0.15, 0.2) is 0 Å². The number of carbonyl (C=O) groups excluding carboxylic acids is 1. The Hall–Kier alpha value is -3.53. The predicted octanol–water partition coefficient (Wildman–Crippen LogP) is 3.76. The fourth-order valence-electron chi connectivity index (χ4n) is 3.11. The standard InChI is InChI=1S/C23H27F3N4O3/c1-14(2)20(16-8-10-17(11-9-16)33-23(24,25)26)30-21(28)19(22(29)31)18(27)13-32-12-15-6-4-3-5-7-15/h3-11,14,20,27,30H,12-13,28H2,1-2H3,(H2,29,31)/b21-19+,27-18?. The number of hydrogen-bond acceptors (Lipinski definition) is 6. The molecule has 0 aliphatic carbocycles. The molecule has 0 aromatic heterocycles. The van der Waals surface area contributed by atoms with Crippen molar-refractivity contribution in [1.29, 1.82) is 5.41 Å². The lowest BCUT2D eigenvalue weighted by atomic mass is 9.95. The Morgan fingerprint density at radius 2 is 1.67 bits per heavy atom. The van der Waals surface area contributed by atoms with Crippen molar-refractivity contribution in [3.63, 3.8) is 0 Å². The molecule has 0 heterocycles. The lowest BCUT2D eigenvalue weighted by Gasteiger charge is -2.25. The molecule has 1 unspecified atom stereocenters. The van der Waals surface area contributed by atoms with E-state index in [0.717, 1.165) is 5.56 Å². The van der Waals surface area contributed by atoms with E-state index in [2.05, 4.69) is 10.1 Å². The summed E-state index contributed by atoms with van der Waals surface area (Å²) >= 11 is 0. The zero-order chi connectivity index (χ0) is 24.6. The molecule has 0 aliphatic heterocycles. The van der Waals surface area contributed by atoms with Crippen LogP contribution in [0.3, 0.4) is 0 Å². The summed E-state index contributed by atoms with van der Waals surface area (Å²) in [7, 11) is 0. The summed E-state index contributed by atoms with van der Waals surface area (Å²) in [6.07, 6.45) is -4.79. The molecule has 2 rings (SSSR count). The number of ether oxygens (including phenoxy) is 2. The predicted molar refractivity (Wildman–Crippen MR) is 118 cm³/mol. The molecule has 1 amide bonds. The fraction of sp³-hybridized carbons (Fsp3) is 0.304. The lowest BCUT2D eigenvalue weighted by Crippen LogP contribution is -2.36. The van der Waals surface area contributed by atoms with Gasteiger partial charge in [0.2, 0.25) is 0 Å². The van der Waals surface area contributed by atoms with Crippen molar-refractivity contribution in [1.82, 2.24) is 5.32 Å². The van der Waals surface area contributed by atoms with Gasteiger partial charge >= 0.3 is 6.36 Å². The van der Waals surface area contributed by atoms with Crippen molar-refractivity contribution < 1.29 is 27.4 Å². The van der Waals surface area contributed by atoms with Crippen LogP contribution in [-0.2, 0) is 16.1 Å². The van der Waals surface area contributed by atoms with Crippen molar-refractivity contribution in [3.05, 3.63) is 77.1 Å². The second kappa shape index (κ2) is 11.4. The number of benzene rings is 2. The minimum atomic E-state index is -4.79. The summed E-state index contributed by atoms with van der Waals surface area (Å²) < 4.78 is 46.6. The molecule has 7 nitrogen and oxygen atoms in total. The smallest absolute Gasteiger partial charge is 0.406 e. The molecule has 0 saturated carbocycles. The van der Waals surface area contributed by atoms with E-state index < -0.39 is 18.3 Å². The molecule has 0 bridgehead atoms. The molecule has 2 aromatic carbocycles. The Morgan fingerprint density at radius 3 is 2.18 bits per heavy atom. The normalized spacial score (nSPS) is 13.3. The van der Waals surface area contributed by atoms with E-state index in [1.54, 1.807) is 0 Å². The maximum Gasteiger partial charge on any atom is 0.573 e. The van der Waals surface area contributed by atoms with Crippen LogP contribution in [-0.4, -0.2) is 24.6 Å². The zero-order valence-electron chi connectivity index (χ0n) is 18.3. The first-order chi connectivity index (χ1) is 15.5. The van der Waals surface area contributed by atoms with E-state index in [0.29, 0.717) is 5.56 Å². The van der Waals surface area contributed by atoms with Gasteiger partial charge in [0.05, 0.1) is 25.0 Å². The van der Waals surface area contributed by atoms with E-state index in [1.807, 2.05) is 44.2 Å². The number of nitrogens with one attached hydrogen (secondary N) is 2. The van der Waals surface area contributed by atoms with Crippen LogP contribution < -0.4 is 21.5 Å². The lowest BCUT2D eigenvalue weighted by molar-refractivity contribution is -0.274. The van der Waals surface area contributed by atoms with Crippen molar-refractivity contribution in [2.24, 2.45) is 17.4 Å². The summed E-state index contributed by atoms with van der Waals surface area (Å²) in [5.41, 5.74) is 12.6. The number of amides is 1. The molecule has 0 aliphatic rings. The summed E-state index contributed by atoms with van der Waals surface area (Å²) in [4.78, 5) is 12.0. The Balaban J connectivity index is 2.14. The van der Waals surface area contributed by atoms with Crippen molar-refractivity contribution in [2.75, 3.05) is 6.61 Å². The fourth-order valence-corrected chi connectivity index (χ4v) is 3.11. The van der Waals surface area contributed by atoms with E-state index in [4.69, 9.17) is 21.6 Å². The molecule has 178 valence electrons. The molecule has 6 N–H and O–H groups in total. The minimum absolute atomic E-state index is 0.0735. The third-order valence-electron chi connectivity index (χ3n) is 4.63. The van der Waals surface area contributed by atoms with Gasteiger partial charge in [0, 0.05) is 0 Å². The van der Waals surface area contributed by atoms with Crippen LogP contribution in [0.2, 0.25) is 0 Å². The summed E-state index contributed by atoms with van der Waals surface area (Å²) in [6.45, 7) is 3.78. The first-order valence-corrected chi connectivity index (χ1v) is 10.1. The van der Waals surface area contributed by atoms with Crippen LogP contribution in [0.4, 0.5) is 13.2 Å². The molecule has 0 saturated heterocycles. The monoisotopic (exact) mass is 464 g/mol. The highest BCUT2D eigenvalue weighted by Crippen LogP contribution is 2.27. The van der Waals surface area contributed by atoms with Crippen LogP contribution in [0.1, 0.15) is 31.0 Å². The van der Waals surface area contributed by atoms with E-state index >= 15 is 0 Å². The minimum Gasteiger partial charge on any atom is -0.406 e. The summed E-state index contributed by atoms with van der Waals surface area (Å²) in [5, 5.41) is 11.2. The van der Waals surface area contributed by atoms with Gasteiger partial charge in [0.25, 0.3) is 5.91 Å². The maximum absolute atomic E-state index is 12.4. The number of hydrogen-bond donors (Lipinski definition) is 4. The topological polar surface area (TPSA) is 123 Å². The molecule has 1 atom stereocenters. The third-order valence-corrected chi connectivity index (χ3v) is 4.63. The van der Waals surface area contributed by atoms with Gasteiger partial charge < -0.3 is 31.7 Å². The highest BCUT2D eigenvalue weighted by Gasteiger charge is 2.31. The highest BCUT2D eigenvalue weighted by atomic mass is 19.4. The second-order valence-electron chi connectivity index (χ2n) is 7.59. The number of rotatable bonds is 11. The first-order valence-electron chi connectivity index (χ1n) is 10.1. The van der Waals surface area contributed by atoms with Gasteiger partial charge in [-0.05, 0) is 29.2 Å². The van der Waals surface area contributed by atoms with Gasteiger partial charge in [-0.15, -0.1) is 13.2 Å². The number of nitrogens with two attached hydrogens (primary N) is 2. The quantitative estimate of drug-likeness (QED) is 0.298. The Morgan fingerprint density at radius 1 is 1.06 bits per heavy atom. The van der Waals surface area contributed by atoms with Gasteiger partial charge in [-0.3, -0.25) is 4.79 Å². The molecule has 10 heteroatoms. The van der Waals surface area contributed by atoms with Crippen LogP contribution >= 0.6 is 0 Å². The summed E-state index contributed by atoms with van der Waals surface area (Å²) in [5.74, 6) is -1.45. The largest absolute Gasteiger partial charge is 0.573 e. The van der Waals surface area contributed by atoms with Crippen molar-refractivity contribution in [3.8, 4) is 5.75 Å². The number of primary amides is 1. The number of alkyl halides is 3. The van der Waals surface area contributed by atoms with Crippen LogP contribution in [0.5, 0.6) is 5.75 Å². The van der Waals surface area contributed by atoms with Crippen LogP contribution in [0, 0.1) is 11.3 Å². The molecule has 0 fully saturated rings. The SMILES string of the molecule is CC(C)C(N/C(N)=C(\C(=N)COCc1ccccc1)C(N)=O)c1ccc(OC(F)(F)F)cc1. The Bertz CT molecular complexity index is 975. The molecular formula is C23H27F3N4O3. The average molecular weight is 464 g/mol. The van der Waals surface area contributed by atoms with Crippen molar-refractivity contribution >= 4 is 11.6 Å². The van der Waals surface area contributed by atoms with Gasteiger partial charge in [-0.2, -0.15) is 0 Å². The third kappa shape index (κ3) is 8.15. The Labute approximate surface area is 190 Å². The Kier molecular flexibility index (Phi) is 8.86. The van der Waals surface area contributed by atoms with E-state index in [-0.39, 0.29) is 42.0 Å². The van der Waals surface area contributed by atoms with Crippen LogP contribution in [0.15, 0.2) is 66.0 Å². The molecule has 2 aromatic rings. The molecule has 33 heavy (non-hydrogen) atoms. The second-order valence-corrected chi connectivity index (χ2v) is 7.59. The van der Waals surface area contributed by atoms with Gasteiger partial charge in [-0.1, -0.05) is 56.3 Å². The molecular weight excluding hydrogens is 437 g/mol. The average Bonchev–Trinajstić information content (AvgIpc) is 2.72. The number of carbonyl (C=O) groups is 1. The van der Waals surface area contributed by atoms with Crippen LogP contribution in [0.25, 0.3) is 0 Å². The molecule has 0 radical (unpaired) electrons. The number of halogens is 3. The first kappa shape index (κ1) is 25.7. The maximum atomic E-state index is 12.4. The van der Waals surface area contributed by atoms with Gasteiger partial charge in [-0.25, -0.2) is 0 Å².